The number of hydrogen-bond acceptors (Lipinski definition) is 3. The van der Waals surface area contributed by atoms with E-state index in [2.05, 4.69) is 51.2 Å². The summed E-state index contributed by atoms with van der Waals surface area (Å²) in [6, 6.07) is 1.41. The smallest absolute Gasteiger partial charge is 0.0225 e. The second-order valence-electron chi connectivity index (χ2n) is 5.95. The van der Waals surface area contributed by atoms with Gasteiger partial charge in [0, 0.05) is 29.9 Å². The van der Waals surface area contributed by atoms with Crippen LogP contribution in [0.25, 0.3) is 0 Å². The number of piperidine rings is 1. The normalized spacial score (nSPS) is 33.0. The first-order chi connectivity index (χ1) is 7.35. The predicted molar refractivity (Wildman–Crippen MR) is 75.3 cm³/mol. The van der Waals surface area contributed by atoms with Gasteiger partial charge in [-0.1, -0.05) is 6.92 Å². The van der Waals surface area contributed by atoms with Gasteiger partial charge in [-0.25, -0.2) is 0 Å². The minimum Gasteiger partial charge on any atom is -0.312 e. The molecule has 0 radical (unpaired) electrons. The van der Waals surface area contributed by atoms with Crippen LogP contribution in [0.4, 0.5) is 0 Å². The summed E-state index contributed by atoms with van der Waals surface area (Å²) >= 11 is 1.95. The van der Waals surface area contributed by atoms with Gasteiger partial charge in [-0.2, -0.15) is 11.8 Å². The van der Waals surface area contributed by atoms with E-state index < -0.39 is 0 Å². The zero-order valence-corrected chi connectivity index (χ0v) is 12.5. The molecular weight excluding hydrogens is 216 g/mol. The molecule has 1 aliphatic rings. The van der Waals surface area contributed by atoms with Crippen molar-refractivity contribution in [2.75, 3.05) is 26.4 Å². The summed E-state index contributed by atoms with van der Waals surface area (Å²) in [6.45, 7) is 11.7. The van der Waals surface area contributed by atoms with Crippen molar-refractivity contribution < 1.29 is 0 Å². The Labute approximate surface area is 106 Å². The average Bonchev–Trinajstić information content (AvgIpc) is 2.22. The zero-order chi connectivity index (χ0) is 12.3. The molecule has 0 aromatic carbocycles. The highest BCUT2D eigenvalue weighted by Crippen LogP contribution is 2.24. The molecule has 0 aliphatic carbocycles. The van der Waals surface area contributed by atoms with E-state index in [0.717, 1.165) is 12.5 Å². The van der Waals surface area contributed by atoms with Crippen LogP contribution in [0.5, 0.6) is 0 Å². The summed E-state index contributed by atoms with van der Waals surface area (Å²) in [6.07, 6.45) is 3.48. The van der Waals surface area contributed by atoms with Crippen molar-refractivity contribution in [3.05, 3.63) is 0 Å². The molecule has 0 aromatic heterocycles. The molecule has 96 valence electrons. The molecular formula is C13H28N2S. The monoisotopic (exact) mass is 244 g/mol. The molecule has 0 amide bonds. The van der Waals surface area contributed by atoms with E-state index in [0.29, 0.717) is 16.8 Å². The molecule has 16 heavy (non-hydrogen) atoms. The Hall–Kier alpha value is 0.270. The molecule has 1 heterocycles. The van der Waals surface area contributed by atoms with Crippen LogP contribution < -0.4 is 5.32 Å². The molecule has 0 bridgehead atoms. The zero-order valence-electron chi connectivity index (χ0n) is 11.7. The third-order valence-electron chi connectivity index (χ3n) is 3.95. The van der Waals surface area contributed by atoms with Crippen LogP contribution in [0.2, 0.25) is 0 Å². The molecule has 1 N–H and O–H groups in total. The molecule has 1 aliphatic heterocycles. The number of nitrogens with zero attached hydrogens (tertiary/aromatic N) is 1. The molecule has 0 aromatic rings. The van der Waals surface area contributed by atoms with Crippen molar-refractivity contribution in [1.82, 2.24) is 10.2 Å². The minimum atomic E-state index is 0.353. The van der Waals surface area contributed by atoms with Crippen LogP contribution in [0.1, 0.15) is 34.1 Å². The lowest BCUT2D eigenvalue weighted by molar-refractivity contribution is 0.121. The van der Waals surface area contributed by atoms with Crippen LogP contribution in [0.3, 0.4) is 0 Å². The van der Waals surface area contributed by atoms with Gasteiger partial charge >= 0.3 is 0 Å². The summed E-state index contributed by atoms with van der Waals surface area (Å²) in [5.41, 5.74) is 0. The van der Waals surface area contributed by atoms with Crippen LogP contribution in [-0.2, 0) is 0 Å². The second kappa shape index (κ2) is 5.74. The number of nitrogens with one attached hydrogen (secondary N) is 1. The maximum Gasteiger partial charge on any atom is 0.0225 e. The lowest BCUT2D eigenvalue weighted by Gasteiger charge is -2.41. The topological polar surface area (TPSA) is 15.3 Å². The first kappa shape index (κ1) is 14.3. The average molecular weight is 244 g/mol. The van der Waals surface area contributed by atoms with E-state index in [9.17, 15) is 0 Å². The van der Waals surface area contributed by atoms with Gasteiger partial charge in [0.05, 0.1) is 0 Å². The lowest BCUT2D eigenvalue weighted by Crippen LogP contribution is -2.52. The SMILES string of the molecule is CSC(C)(C)CNC1CC(C)N(C)CC1C. The van der Waals surface area contributed by atoms with Crippen LogP contribution in [-0.4, -0.2) is 48.1 Å². The molecule has 3 heteroatoms. The number of rotatable bonds is 4. The third kappa shape index (κ3) is 3.94. The van der Waals surface area contributed by atoms with Gasteiger partial charge in [-0.3, -0.25) is 0 Å². The Morgan fingerprint density at radius 2 is 2.00 bits per heavy atom. The number of likely N-dealkylation sites (tertiary alicyclic amines) is 1. The number of thioether (sulfide) groups is 1. The van der Waals surface area contributed by atoms with E-state index in [-0.39, 0.29) is 0 Å². The summed E-state index contributed by atoms with van der Waals surface area (Å²) in [5.74, 6) is 0.763. The van der Waals surface area contributed by atoms with Gasteiger partial charge in [-0.15, -0.1) is 0 Å². The Balaban J connectivity index is 2.42. The van der Waals surface area contributed by atoms with Crippen molar-refractivity contribution in [2.24, 2.45) is 5.92 Å². The fourth-order valence-electron chi connectivity index (χ4n) is 2.27. The summed E-state index contributed by atoms with van der Waals surface area (Å²) in [7, 11) is 2.24. The second-order valence-corrected chi connectivity index (χ2v) is 7.47. The minimum absolute atomic E-state index is 0.353. The van der Waals surface area contributed by atoms with E-state index in [1.54, 1.807) is 0 Å². The molecule has 3 unspecified atom stereocenters. The van der Waals surface area contributed by atoms with Crippen molar-refractivity contribution in [2.45, 2.75) is 50.9 Å². The molecule has 0 spiro atoms. The Morgan fingerprint density at radius 1 is 1.38 bits per heavy atom. The predicted octanol–water partition coefficient (Wildman–Crippen LogP) is 2.45. The fraction of sp³-hybridized carbons (Fsp3) is 1.00. The summed E-state index contributed by atoms with van der Waals surface area (Å²) in [4.78, 5) is 2.47. The summed E-state index contributed by atoms with van der Waals surface area (Å²) < 4.78 is 0.353. The maximum absolute atomic E-state index is 3.77. The highest BCUT2D eigenvalue weighted by Gasteiger charge is 2.29. The highest BCUT2D eigenvalue weighted by atomic mass is 32.2. The lowest BCUT2D eigenvalue weighted by atomic mass is 9.89. The molecule has 2 nitrogen and oxygen atoms in total. The van der Waals surface area contributed by atoms with Crippen molar-refractivity contribution in [3.8, 4) is 0 Å². The fourth-order valence-corrected chi connectivity index (χ4v) is 2.50. The van der Waals surface area contributed by atoms with Gasteiger partial charge < -0.3 is 10.2 Å². The van der Waals surface area contributed by atoms with E-state index >= 15 is 0 Å². The van der Waals surface area contributed by atoms with Gasteiger partial charge in [0.2, 0.25) is 0 Å². The highest BCUT2D eigenvalue weighted by molar-refractivity contribution is 7.99. The van der Waals surface area contributed by atoms with Crippen LogP contribution in [0.15, 0.2) is 0 Å². The van der Waals surface area contributed by atoms with Gasteiger partial charge in [-0.05, 0) is 46.4 Å². The van der Waals surface area contributed by atoms with Crippen LogP contribution >= 0.6 is 11.8 Å². The quantitative estimate of drug-likeness (QED) is 0.818. The molecule has 3 atom stereocenters. The van der Waals surface area contributed by atoms with E-state index in [1.165, 1.54) is 13.0 Å². The third-order valence-corrected chi connectivity index (χ3v) is 5.20. The number of hydrogen-bond donors (Lipinski definition) is 1. The largest absolute Gasteiger partial charge is 0.312 e. The van der Waals surface area contributed by atoms with Crippen molar-refractivity contribution in [3.63, 3.8) is 0 Å². The summed E-state index contributed by atoms with van der Waals surface area (Å²) in [5, 5.41) is 3.77. The molecule has 1 rings (SSSR count). The van der Waals surface area contributed by atoms with Crippen LogP contribution in [0, 0.1) is 5.92 Å². The van der Waals surface area contributed by atoms with Gasteiger partial charge in [0.25, 0.3) is 0 Å². The molecule has 0 saturated carbocycles. The maximum atomic E-state index is 3.77. The van der Waals surface area contributed by atoms with Gasteiger partial charge in [0.1, 0.15) is 0 Å². The van der Waals surface area contributed by atoms with E-state index in [1.807, 2.05) is 11.8 Å². The van der Waals surface area contributed by atoms with Crippen molar-refractivity contribution >= 4 is 11.8 Å². The molecule has 1 saturated heterocycles. The van der Waals surface area contributed by atoms with Gasteiger partial charge in [0.15, 0.2) is 0 Å². The Bertz CT molecular complexity index is 218. The Morgan fingerprint density at radius 3 is 2.56 bits per heavy atom. The standard InChI is InChI=1S/C13H28N2S/c1-10-8-15(5)11(2)7-12(10)14-9-13(3,4)16-6/h10-12,14H,7-9H2,1-6H3. The van der Waals surface area contributed by atoms with E-state index in [4.69, 9.17) is 0 Å². The first-order valence-corrected chi connectivity index (χ1v) is 7.57. The van der Waals surface area contributed by atoms with Crippen molar-refractivity contribution in [1.29, 1.82) is 0 Å². The molecule has 1 fully saturated rings. The Kier molecular flexibility index (Phi) is 5.14. The first-order valence-electron chi connectivity index (χ1n) is 6.34.